The first-order chi connectivity index (χ1) is 6.65. The van der Waals surface area contributed by atoms with Gasteiger partial charge in [0.15, 0.2) is 0 Å². The minimum atomic E-state index is -0.848. The molecule has 2 aliphatic heterocycles. The Morgan fingerprint density at radius 1 is 1.21 bits per heavy atom. The Kier molecular flexibility index (Phi) is 2.77. The van der Waals surface area contributed by atoms with Crippen molar-refractivity contribution in [2.24, 2.45) is 0 Å². The molecule has 5 atom stereocenters. The van der Waals surface area contributed by atoms with Crippen molar-refractivity contribution in [1.82, 2.24) is 10.2 Å². The summed E-state index contributed by atoms with van der Waals surface area (Å²) in [7, 11) is 1.77. The topological polar surface area (TPSA) is 76.0 Å². The first-order valence-electron chi connectivity index (χ1n) is 5.10. The monoisotopic (exact) mass is 202 g/mol. The Labute approximate surface area is 83.3 Å². The lowest BCUT2D eigenvalue weighted by Crippen LogP contribution is -2.64. The molecule has 0 spiro atoms. The Balaban J connectivity index is 2.13. The second kappa shape index (κ2) is 3.75. The molecule has 82 valence electrons. The fourth-order valence-corrected chi connectivity index (χ4v) is 2.58. The van der Waals surface area contributed by atoms with Crippen molar-refractivity contribution in [1.29, 1.82) is 0 Å². The number of aliphatic hydroxyl groups excluding tert-OH is 3. The van der Waals surface area contributed by atoms with Crippen molar-refractivity contribution in [3.8, 4) is 0 Å². The van der Waals surface area contributed by atoms with E-state index < -0.39 is 18.3 Å². The Morgan fingerprint density at radius 3 is 2.57 bits per heavy atom. The SMILES string of the molecule is CNC1CN2CCC(O)C2C(O)C1O. The second-order valence-corrected chi connectivity index (χ2v) is 4.22. The summed E-state index contributed by atoms with van der Waals surface area (Å²) in [5, 5.41) is 32.2. The van der Waals surface area contributed by atoms with Gasteiger partial charge in [-0.1, -0.05) is 0 Å². The van der Waals surface area contributed by atoms with Crippen LogP contribution in [0.1, 0.15) is 6.42 Å². The van der Waals surface area contributed by atoms with Crippen LogP contribution in [0.4, 0.5) is 0 Å². The first-order valence-corrected chi connectivity index (χ1v) is 5.10. The van der Waals surface area contributed by atoms with E-state index in [9.17, 15) is 15.3 Å². The van der Waals surface area contributed by atoms with Gasteiger partial charge in [-0.3, -0.25) is 4.90 Å². The molecule has 0 saturated carbocycles. The predicted octanol–water partition coefficient (Wildman–Crippen LogP) is -2.25. The van der Waals surface area contributed by atoms with E-state index in [-0.39, 0.29) is 12.1 Å². The molecule has 4 N–H and O–H groups in total. The zero-order valence-electron chi connectivity index (χ0n) is 8.30. The molecule has 2 saturated heterocycles. The van der Waals surface area contributed by atoms with Crippen LogP contribution in [0.15, 0.2) is 0 Å². The van der Waals surface area contributed by atoms with Gasteiger partial charge in [0.05, 0.1) is 24.4 Å². The van der Waals surface area contributed by atoms with Crippen molar-refractivity contribution < 1.29 is 15.3 Å². The quantitative estimate of drug-likeness (QED) is 0.386. The summed E-state index contributed by atoms with van der Waals surface area (Å²) < 4.78 is 0. The smallest absolute Gasteiger partial charge is 0.0994 e. The molecule has 5 heteroatoms. The van der Waals surface area contributed by atoms with E-state index in [4.69, 9.17) is 0 Å². The van der Waals surface area contributed by atoms with Crippen LogP contribution in [0.3, 0.4) is 0 Å². The molecule has 2 heterocycles. The van der Waals surface area contributed by atoms with Gasteiger partial charge in [0.2, 0.25) is 0 Å². The molecular weight excluding hydrogens is 184 g/mol. The lowest BCUT2D eigenvalue weighted by Gasteiger charge is -2.42. The summed E-state index contributed by atoms with van der Waals surface area (Å²) in [4.78, 5) is 2.04. The number of nitrogens with one attached hydrogen (secondary N) is 1. The van der Waals surface area contributed by atoms with E-state index >= 15 is 0 Å². The van der Waals surface area contributed by atoms with Crippen LogP contribution in [0.2, 0.25) is 0 Å². The summed E-state index contributed by atoms with van der Waals surface area (Å²) in [5.74, 6) is 0. The third-order valence-electron chi connectivity index (χ3n) is 3.44. The number of piperidine rings is 1. The van der Waals surface area contributed by atoms with Crippen LogP contribution in [0.25, 0.3) is 0 Å². The van der Waals surface area contributed by atoms with Crippen LogP contribution < -0.4 is 5.32 Å². The van der Waals surface area contributed by atoms with E-state index in [0.29, 0.717) is 13.0 Å². The second-order valence-electron chi connectivity index (χ2n) is 4.22. The van der Waals surface area contributed by atoms with Gasteiger partial charge >= 0.3 is 0 Å². The highest BCUT2D eigenvalue weighted by Crippen LogP contribution is 2.27. The molecular formula is C9H18N2O3. The maximum atomic E-state index is 9.83. The maximum absolute atomic E-state index is 9.83. The normalized spacial score (nSPS) is 49.3. The molecule has 5 unspecified atom stereocenters. The van der Waals surface area contributed by atoms with Crippen molar-refractivity contribution >= 4 is 0 Å². The van der Waals surface area contributed by atoms with Gasteiger partial charge in [0, 0.05) is 19.1 Å². The number of aliphatic hydroxyl groups is 3. The molecule has 0 aliphatic carbocycles. The third kappa shape index (κ3) is 1.45. The zero-order valence-corrected chi connectivity index (χ0v) is 8.30. The van der Waals surface area contributed by atoms with E-state index in [0.717, 1.165) is 6.54 Å². The minimum absolute atomic E-state index is 0.105. The molecule has 0 bridgehead atoms. The largest absolute Gasteiger partial charge is 0.391 e. The van der Waals surface area contributed by atoms with Gasteiger partial charge in [0.25, 0.3) is 0 Å². The predicted molar refractivity (Wildman–Crippen MR) is 50.8 cm³/mol. The van der Waals surface area contributed by atoms with E-state index in [2.05, 4.69) is 5.32 Å². The highest BCUT2D eigenvalue weighted by molar-refractivity contribution is 5.03. The molecule has 0 amide bonds. The standard InChI is InChI=1S/C9H18N2O3/c1-10-5-4-11-3-2-6(12)7(11)9(14)8(5)13/h5-10,12-14H,2-4H2,1H3. The van der Waals surface area contributed by atoms with E-state index in [1.165, 1.54) is 0 Å². The molecule has 2 rings (SSSR count). The summed E-state index contributed by atoms with van der Waals surface area (Å²) >= 11 is 0. The van der Waals surface area contributed by atoms with Gasteiger partial charge in [-0.2, -0.15) is 0 Å². The number of hydrogen-bond donors (Lipinski definition) is 4. The van der Waals surface area contributed by atoms with Gasteiger partial charge in [0.1, 0.15) is 0 Å². The van der Waals surface area contributed by atoms with Crippen molar-refractivity contribution in [3.05, 3.63) is 0 Å². The van der Waals surface area contributed by atoms with Gasteiger partial charge in [-0.15, -0.1) is 0 Å². The average molecular weight is 202 g/mol. The molecule has 0 radical (unpaired) electrons. The molecule has 2 aliphatic rings. The number of hydrogen-bond acceptors (Lipinski definition) is 5. The minimum Gasteiger partial charge on any atom is -0.391 e. The van der Waals surface area contributed by atoms with Crippen LogP contribution in [0, 0.1) is 0 Å². The van der Waals surface area contributed by atoms with E-state index in [1.54, 1.807) is 7.05 Å². The molecule has 14 heavy (non-hydrogen) atoms. The highest BCUT2D eigenvalue weighted by atomic mass is 16.3. The fourth-order valence-electron chi connectivity index (χ4n) is 2.58. The van der Waals surface area contributed by atoms with Crippen molar-refractivity contribution in [3.63, 3.8) is 0 Å². The van der Waals surface area contributed by atoms with Gasteiger partial charge in [-0.25, -0.2) is 0 Å². The zero-order chi connectivity index (χ0) is 10.3. The van der Waals surface area contributed by atoms with Gasteiger partial charge in [-0.05, 0) is 13.5 Å². The van der Waals surface area contributed by atoms with Crippen LogP contribution >= 0.6 is 0 Å². The summed E-state index contributed by atoms with van der Waals surface area (Å²) in [5.41, 5.74) is 0. The Hall–Kier alpha value is -0.200. The summed E-state index contributed by atoms with van der Waals surface area (Å²) in [6.07, 6.45) is -1.45. The third-order valence-corrected chi connectivity index (χ3v) is 3.44. The fraction of sp³-hybridized carbons (Fsp3) is 1.00. The lowest BCUT2D eigenvalue weighted by atomic mass is 9.91. The average Bonchev–Trinajstić information content (AvgIpc) is 2.54. The Bertz CT molecular complexity index is 214. The Morgan fingerprint density at radius 2 is 1.93 bits per heavy atom. The van der Waals surface area contributed by atoms with Crippen LogP contribution in [-0.2, 0) is 0 Å². The molecule has 0 aromatic rings. The van der Waals surface area contributed by atoms with Crippen LogP contribution in [0.5, 0.6) is 0 Å². The number of fused-ring (bicyclic) bond motifs is 1. The van der Waals surface area contributed by atoms with Crippen molar-refractivity contribution in [2.75, 3.05) is 20.1 Å². The number of likely N-dealkylation sites (N-methyl/N-ethyl adjacent to an activating group) is 1. The summed E-state index contributed by atoms with van der Waals surface area (Å²) in [6, 6.07) is -0.388. The number of nitrogens with zero attached hydrogens (tertiary/aromatic N) is 1. The molecule has 0 aromatic heterocycles. The molecule has 5 nitrogen and oxygen atoms in total. The van der Waals surface area contributed by atoms with Crippen molar-refractivity contribution in [2.45, 2.75) is 36.8 Å². The highest BCUT2D eigenvalue weighted by Gasteiger charge is 2.47. The molecule has 0 aromatic carbocycles. The van der Waals surface area contributed by atoms with Crippen LogP contribution in [-0.4, -0.2) is 70.8 Å². The summed E-state index contributed by atoms with van der Waals surface area (Å²) in [6.45, 7) is 1.49. The first kappa shape index (κ1) is 10.3. The maximum Gasteiger partial charge on any atom is 0.0994 e. The van der Waals surface area contributed by atoms with E-state index in [1.807, 2.05) is 4.90 Å². The van der Waals surface area contributed by atoms with Gasteiger partial charge < -0.3 is 20.6 Å². The molecule has 2 fully saturated rings. The number of rotatable bonds is 1. The lowest BCUT2D eigenvalue weighted by molar-refractivity contribution is -0.100.